The van der Waals surface area contributed by atoms with Gasteiger partial charge in [0, 0.05) is 6.42 Å². The van der Waals surface area contributed by atoms with Gasteiger partial charge in [-0.15, -0.1) is 0 Å². The molecule has 98 valence electrons. The van der Waals surface area contributed by atoms with Crippen molar-refractivity contribution in [3.63, 3.8) is 0 Å². The average molecular weight is 247 g/mol. The van der Waals surface area contributed by atoms with E-state index >= 15 is 0 Å². The fraction of sp³-hybridized carbons (Fsp3) is 0.533. The number of rotatable bonds is 5. The van der Waals surface area contributed by atoms with Crippen molar-refractivity contribution in [1.82, 2.24) is 0 Å². The number of nitrogens with zero attached hydrogens (tertiary/aromatic N) is 1. The maximum absolute atomic E-state index is 8.62. The highest BCUT2D eigenvalue weighted by molar-refractivity contribution is 5.83. The second-order valence-corrected chi connectivity index (χ2v) is 5.12. The molecule has 1 N–H and O–H groups in total. The third kappa shape index (κ3) is 3.76. The van der Waals surface area contributed by atoms with Crippen molar-refractivity contribution in [3.05, 3.63) is 29.8 Å². The van der Waals surface area contributed by atoms with Crippen molar-refractivity contribution in [2.45, 2.75) is 39.0 Å². The van der Waals surface area contributed by atoms with Crippen molar-refractivity contribution < 1.29 is 9.94 Å². The van der Waals surface area contributed by atoms with Gasteiger partial charge in [-0.05, 0) is 43.4 Å². The van der Waals surface area contributed by atoms with Crippen molar-refractivity contribution in [2.24, 2.45) is 11.1 Å². The largest absolute Gasteiger partial charge is 0.493 e. The SMILES string of the molecule is C/C(Cc1ccc(OCC2CCCC2)cc1)=N/O. The highest BCUT2D eigenvalue weighted by Crippen LogP contribution is 2.25. The van der Waals surface area contributed by atoms with E-state index < -0.39 is 0 Å². The Morgan fingerprint density at radius 3 is 2.56 bits per heavy atom. The molecular formula is C15H21NO2. The Morgan fingerprint density at radius 1 is 1.28 bits per heavy atom. The van der Waals surface area contributed by atoms with E-state index in [1.54, 1.807) is 0 Å². The minimum Gasteiger partial charge on any atom is -0.493 e. The fourth-order valence-corrected chi connectivity index (χ4v) is 2.43. The third-order valence-electron chi connectivity index (χ3n) is 3.51. The molecule has 1 aromatic carbocycles. The van der Waals surface area contributed by atoms with E-state index in [1.165, 1.54) is 25.7 Å². The zero-order valence-electron chi connectivity index (χ0n) is 10.9. The van der Waals surface area contributed by atoms with Crippen LogP contribution in [0.3, 0.4) is 0 Å². The number of benzene rings is 1. The first-order valence-electron chi connectivity index (χ1n) is 6.67. The summed E-state index contributed by atoms with van der Waals surface area (Å²) in [6.45, 7) is 2.65. The van der Waals surface area contributed by atoms with Gasteiger partial charge in [0.15, 0.2) is 0 Å². The summed E-state index contributed by atoms with van der Waals surface area (Å²) in [6, 6.07) is 8.04. The fourth-order valence-electron chi connectivity index (χ4n) is 2.43. The minimum atomic E-state index is 0.680. The summed E-state index contributed by atoms with van der Waals surface area (Å²) in [5.41, 5.74) is 1.85. The van der Waals surface area contributed by atoms with Crippen molar-refractivity contribution in [3.8, 4) is 5.75 Å². The molecule has 0 amide bonds. The van der Waals surface area contributed by atoms with Gasteiger partial charge in [0.25, 0.3) is 0 Å². The topological polar surface area (TPSA) is 41.8 Å². The van der Waals surface area contributed by atoms with Crippen LogP contribution in [0, 0.1) is 5.92 Å². The molecule has 1 fully saturated rings. The number of ether oxygens (including phenoxy) is 1. The molecule has 1 aliphatic carbocycles. The lowest BCUT2D eigenvalue weighted by molar-refractivity contribution is 0.252. The maximum atomic E-state index is 8.62. The average Bonchev–Trinajstić information content (AvgIpc) is 2.91. The van der Waals surface area contributed by atoms with E-state index in [0.717, 1.165) is 29.5 Å². The predicted octanol–water partition coefficient (Wildman–Crippen LogP) is 3.65. The van der Waals surface area contributed by atoms with Crippen LogP contribution in [0.25, 0.3) is 0 Å². The Morgan fingerprint density at radius 2 is 1.94 bits per heavy atom. The van der Waals surface area contributed by atoms with Crippen LogP contribution < -0.4 is 4.74 Å². The molecule has 1 aromatic rings. The minimum absolute atomic E-state index is 0.680. The van der Waals surface area contributed by atoms with Crippen LogP contribution in [0.4, 0.5) is 0 Å². The first kappa shape index (κ1) is 12.9. The van der Waals surface area contributed by atoms with Gasteiger partial charge in [0.1, 0.15) is 5.75 Å². The molecule has 2 rings (SSSR count). The van der Waals surface area contributed by atoms with Gasteiger partial charge in [-0.1, -0.05) is 30.1 Å². The maximum Gasteiger partial charge on any atom is 0.119 e. The van der Waals surface area contributed by atoms with Crippen LogP contribution in [0.15, 0.2) is 29.4 Å². The number of hydrogen-bond donors (Lipinski definition) is 1. The Hall–Kier alpha value is -1.51. The molecule has 18 heavy (non-hydrogen) atoms. The molecule has 0 spiro atoms. The van der Waals surface area contributed by atoms with Gasteiger partial charge in [-0.3, -0.25) is 0 Å². The summed E-state index contributed by atoms with van der Waals surface area (Å²) in [5, 5.41) is 11.8. The van der Waals surface area contributed by atoms with Crippen LogP contribution in [0.5, 0.6) is 5.75 Å². The Balaban J connectivity index is 1.83. The Labute approximate surface area is 108 Å². The molecule has 3 heteroatoms. The number of oxime groups is 1. The highest BCUT2D eigenvalue weighted by atomic mass is 16.5. The van der Waals surface area contributed by atoms with Crippen LogP contribution in [0.2, 0.25) is 0 Å². The summed E-state index contributed by atoms with van der Waals surface area (Å²) in [4.78, 5) is 0. The summed E-state index contributed by atoms with van der Waals surface area (Å²) in [5.74, 6) is 1.68. The van der Waals surface area contributed by atoms with Gasteiger partial charge >= 0.3 is 0 Å². The van der Waals surface area contributed by atoms with E-state index in [0.29, 0.717) is 6.42 Å². The summed E-state index contributed by atoms with van der Waals surface area (Å²) < 4.78 is 5.80. The standard InChI is InChI=1S/C15H21NO2/c1-12(16-17)10-13-6-8-15(9-7-13)18-11-14-4-2-3-5-14/h6-9,14,17H,2-5,10-11H2,1H3/b16-12-. The molecule has 0 heterocycles. The second-order valence-electron chi connectivity index (χ2n) is 5.12. The molecule has 1 aliphatic rings. The lowest BCUT2D eigenvalue weighted by atomic mass is 10.1. The lowest BCUT2D eigenvalue weighted by Gasteiger charge is -2.11. The van der Waals surface area contributed by atoms with Gasteiger partial charge < -0.3 is 9.94 Å². The summed E-state index contributed by atoms with van der Waals surface area (Å²) in [6.07, 6.45) is 6.01. The molecule has 0 atom stereocenters. The smallest absolute Gasteiger partial charge is 0.119 e. The summed E-state index contributed by atoms with van der Waals surface area (Å²) >= 11 is 0. The quantitative estimate of drug-likeness (QED) is 0.490. The first-order chi connectivity index (χ1) is 8.78. The second kappa shape index (κ2) is 6.43. The van der Waals surface area contributed by atoms with E-state index in [2.05, 4.69) is 5.16 Å². The Bertz CT molecular complexity index is 391. The highest BCUT2D eigenvalue weighted by Gasteiger charge is 2.15. The van der Waals surface area contributed by atoms with Gasteiger partial charge in [0.2, 0.25) is 0 Å². The van der Waals surface area contributed by atoms with Crippen molar-refractivity contribution in [2.75, 3.05) is 6.61 Å². The molecule has 0 aromatic heterocycles. The van der Waals surface area contributed by atoms with E-state index in [9.17, 15) is 0 Å². The van der Waals surface area contributed by atoms with Crippen molar-refractivity contribution in [1.29, 1.82) is 0 Å². The molecule has 1 saturated carbocycles. The zero-order valence-corrected chi connectivity index (χ0v) is 10.9. The van der Waals surface area contributed by atoms with Crippen molar-refractivity contribution >= 4 is 5.71 Å². The van der Waals surface area contributed by atoms with E-state index in [4.69, 9.17) is 9.94 Å². The first-order valence-corrected chi connectivity index (χ1v) is 6.67. The monoisotopic (exact) mass is 247 g/mol. The molecule has 0 radical (unpaired) electrons. The van der Waals surface area contributed by atoms with E-state index in [-0.39, 0.29) is 0 Å². The van der Waals surface area contributed by atoms with Gasteiger partial charge in [0.05, 0.1) is 12.3 Å². The van der Waals surface area contributed by atoms with E-state index in [1.807, 2.05) is 31.2 Å². The molecule has 3 nitrogen and oxygen atoms in total. The number of hydrogen-bond acceptors (Lipinski definition) is 3. The van der Waals surface area contributed by atoms with Gasteiger partial charge in [-0.2, -0.15) is 0 Å². The lowest BCUT2D eigenvalue weighted by Crippen LogP contribution is -2.08. The Kier molecular flexibility index (Phi) is 4.62. The molecule has 0 saturated heterocycles. The molecule has 0 unspecified atom stereocenters. The van der Waals surface area contributed by atoms with Crippen LogP contribution in [-0.2, 0) is 6.42 Å². The van der Waals surface area contributed by atoms with Crippen LogP contribution >= 0.6 is 0 Å². The molecular weight excluding hydrogens is 226 g/mol. The van der Waals surface area contributed by atoms with Crippen LogP contribution in [-0.4, -0.2) is 17.5 Å². The summed E-state index contributed by atoms with van der Waals surface area (Å²) in [7, 11) is 0. The zero-order chi connectivity index (χ0) is 12.8. The molecule has 0 bridgehead atoms. The normalized spacial score (nSPS) is 17.1. The predicted molar refractivity (Wildman–Crippen MR) is 72.5 cm³/mol. The molecule has 0 aliphatic heterocycles. The third-order valence-corrected chi connectivity index (χ3v) is 3.51. The van der Waals surface area contributed by atoms with Gasteiger partial charge in [-0.25, -0.2) is 0 Å². The van der Waals surface area contributed by atoms with Crippen LogP contribution in [0.1, 0.15) is 38.2 Å².